The molecular formula is C26H25ClFN3O2. The van der Waals surface area contributed by atoms with Gasteiger partial charge in [0.2, 0.25) is 5.91 Å². The molecule has 2 amide bonds. The van der Waals surface area contributed by atoms with Crippen molar-refractivity contribution in [3.05, 3.63) is 106 Å². The Kier molecular flexibility index (Phi) is 7.37. The molecule has 170 valence electrons. The number of carbonyl (C=O) groups is 2. The molecule has 1 saturated heterocycles. The third kappa shape index (κ3) is 5.41. The summed E-state index contributed by atoms with van der Waals surface area (Å²) in [5, 5.41) is 2.51. The van der Waals surface area contributed by atoms with Crippen molar-refractivity contribution in [2.45, 2.75) is 6.04 Å². The van der Waals surface area contributed by atoms with Crippen molar-refractivity contribution in [3.8, 4) is 0 Å². The summed E-state index contributed by atoms with van der Waals surface area (Å²) in [5.41, 5.74) is 2.17. The molecule has 0 aromatic heterocycles. The molecule has 7 heteroatoms. The Bertz CT molecular complexity index is 1040. The molecular weight excluding hydrogens is 441 g/mol. The van der Waals surface area contributed by atoms with Crippen molar-refractivity contribution < 1.29 is 14.0 Å². The zero-order valence-electron chi connectivity index (χ0n) is 18.1. The molecule has 0 saturated carbocycles. The van der Waals surface area contributed by atoms with Crippen molar-refractivity contribution in [1.82, 2.24) is 15.1 Å². The SMILES string of the molecule is O=C(NCC(=O)N1CCN(C(c2ccccc2)c2ccccc2)CC1)c1c(F)cccc1Cl. The summed E-state index contributed by atoms with van der Waals surface area (Å²) in [6.45, 7) is 2.29. The fourth-order valence-corrected chi connectivity index (χ4v) is 4.43. The predicted octanol–water partition coefficient (Wildman–Crippen LogP) is 4.14. The minimum absolute atomic E-state index is 0.0152. The van der Waals surface area contributed by atoms with Crippen LogP contribution < -0.4 is 5.32 Å². The van der Waals surface area contributed by atoms with Crippen molar-refractivity contribution in [2.75, 3.05) is 32.7 Å². The number of hydrogen-bond acceptors (Lipinski definition) is 3. The van der Waals surface area contributed by atoms with Gasteiger partial charge in [-0.1, -0.05) is 78.3 Å². The topological polar surface area (TPSA) is 52.7 Å². The van der Waals surface area contributed by atoms with E-state index in [0.717, 1.165) is 6.07 Å². The van der Waals surface area contributed by atoms with Gasteiger partial charge in [-0.2, -0.15) is 0 Å². The Morgan fingerprint density at radius 2 is 1.42 bits per heavy atom. The molecule has 1 fully saturated rings. The van der Waals surface area contributed by atoms with E-state index in [0.29, 0.717) is 26.2 Å². The number of nitrogens with one attached hydrogen (secondary N) is 1. The number of piperazine rings is 1. The zero-order valence-corrected chi connectivity index (χ0v) is 18.8. The van der Waals surface area contributed by atoms with E-state index in [1.54, 1.807) is 4.90 Å². The van der Waals surface area contributed by atoms with Crippen LogP contribution in [-0.4, -0.2) is 54.3 Å². The smallest absolute Gasteiger partial charge is 0.256 e. The van der Waals surface area contributed by atoms with E-state index < -0.39 is 11.7 Å². The van der Waals surface area contributed by atoms with Crippen LogP contribution in [0.25, 0.3) is 0 Å². The first-order valence-electron chi connectivity index (χ1n) is 10.9. The molecule has 5 nitrogen and oxygen atoms in total. The summed E-state index contributed by atoms with van der Waals surface area (Å²) >= 11 is 5.93. The second-order valence-corrected chi connectivity index (χ2v) is 8.33. The standard InChI is InChI=1S/C26H25ClFN3O2/c27-21-12-7-13-22(28)24(21)26(33)29-18-23(32)30-14-16-31(17-15-30)25(19-8-3-1-4-9-19)20-10-5-2-6-11-20/h1-13,25H,14-18H2,(H,29,33). The average molecular weight is 466 g/mol. The van der Waals surface area contributed by atoms with Gasteiger partial charge in [0.25, 0.3) is 5.91 Å². The van der Waals surface area contributed by atoms with Gasteiger partial charge < -0.3 is 10.2 Å². The van der Waals surface area contributed by atoms with Crippen LogP contribution in [0.4, 0.5) is 4.39 Å². The molecule has 3 aromatic carbocycles. The van der Waals surface area contributed by atoms with Crippen LogP contribution in [0.15, 0.2) is 78.9 Å². The van der Waals surface area contributed by atoms with Crippen molar-refractivity contribution in [2.24, 2.45) is 0 Å². The summed E-state index contributed by atoms with van der Waals surface area (Å²) in [4.78, 5) is 29.1. The maximum atomic E-state index is 13.9. The molecule has 1 aliphatic heterocycles. The second-order valence-electron chi connectivity index (χ2n) is 7.92. The first-order chi connectivity index (χ1) is 16.0. The number of hydrogen-bond donors (Lipinski definition) is 1. The van der Waals surface area contributed by atoms with E-state index in [1.165, 1.54) is 23.3 Å². The third-order valence-corrected chi connectivity index (χ3v) is 6.17. The van der Waals surface area contributed by atoms with Crippen molar-refractivity contribution in [1.29, 1.82) is 0 Å². The predicted molar refractivity (Wildman–Crippen MR) is 127 cm³/mol. The van der Waals surface area contributed by atoms with Gasteiger partial charge in [0.15, 0.2) is 0 Å². The Labute approximate surface area is 197 Å². The second kappa shape index (κ2) is 10.6. The Morgan fingerprint density at radius 1 is 0.848 bits per heavy atom. The van der Waals surface area contributed by atoms with E-state index in [2.05, 4.69) is 34.5 Å². The third-order valence-electron chi connectivity index (χ3n) is 5.85. The van der Waals surface area contributed by atoms with Crippen LogP contribution in [-0.2, 0) is 4.79 Å². The highest BCUT2D eigenvalue weighted by Gasteiger charge is 2.28. The monoisotopic (exact) mass is 465 g/mol. The van der Waals surface area contributed by atoms with Gasteiger partial charge in [-0.05, 0) is 23.3 Å². The average Bonchev–Trinajstić information content (AvgIpc) is 2.84. The molecule has 1 aliphatic rings. The minimum Gasteiger partial charge on any atom is -0.343 e. The normalized spacial score (nSPS) is 14.3. The maximum absolute atomic E-state index is 13.9. The van der Waals surface area contributed by atoms with Gasteiger partial charge in [-0.15, -0.1) is 0 Å². The summed E-state index contributed by atoms with van der Waals surface area (Å²) in [5.74, 6) is -1.61. The van der Waals surface area contributed by atoms with Crippen molar-refractivity contribution in [3.63, 3.8) is 0 Å². The van der Waals surface area contributed by atoms with Crippen LogP contribution in [0.1, 0.15) is 27.5 Å². The quantitative estimate of drug-likeness (QED) is 0.595. The van der Waals surface area contributed by atoms with Crippen molar-refractivity contribution >= 4 is 23.4 Å². The number of halogens is 2. The summed E-state index contributed by atoms with van der Waals surface area (Å²) in [7, 11) is 0. The largest absolute Gasteiger partial charge is 0.343 e. The summed E-state index contributed by atoms with van der Waals surface area (Å²) < 4.78 is 13.9. The van der Waals surface area contributed by atoms with E-state index >= 15 is 0 Å². The maximum Gasteiger partial charge on any atom is 0.256 e. The highest BCUT2D eigenvalue weighted by molar-refractivity contribution is 6.33. The summed E-state index contributed by atoms with van der Waals surface area (Å²) in [6.07, 6.45) is 0. The van der Waals surface area contributed by atoms with Crippen LogP contribution >= 0.6 is 11.6 Å². The van der Waals surface area contributed by atoms with Gasteiger partial charge in [0.05, 0.1) is 23.2 Å². The molecule has 0 bridgehead atoms. The Morgan fingerprint density at radius 3 is 1.97 bits per heavy atom. The van der Waals surface area contributed by atoms with Crippen LogP contribution in [0.2, 0.25) is 5.02 Å². The molecule has 1 heterocycles. The molecule has 1 N–H and O–H groups in total. The lowest BCUT2D eigenvalue weighted by atomic mass is 9.96. The van der Waals surface area contributed by atoms with Crippen LogP contribution in [0.5, 0.6) is 0 Å². The number of benzene rings is 3. The minimum atomic E-state index is -0.714. The molecule has 3 aromatic rings. The number of rotatable bonds is 6. The number of amides is 2. The Hall–Kier alpha value is -3.22. The van der Waals surface area contributed by atoms with E-state index in [-0.39, 0.29) is 29.1 Å². The molecule has 0 unspecified atom stereocenters. The molecule has 0 radical (unpaired) electrons. The fraction of sp³-hybridized carbons (Fsp3) is 0.231. The van der Waals surface area contributed by atoms with Gasteiger partial charge in [0, 0.05) is 26.2 Å². The van der Waals surface area contributed by atoms with Crippen LogP contribution in [0.3, 0.4) is 0 Å². The summed E-state index contributed by atoms with van der Waals surface area (Å²) in [6, 6.07) is 24.8. The van der Waals surface area contributed by atoms with Gasteiger partial charge in [-0.3, -0.25) is 14.5 Å². The highest BCUT2D eigenvalue weighted by Crippen LogP contribution is 2.29. The molecule has 0 spiro atoms. The number of carbonyl (C=O) groups excluding carboxylic acids is 2. The highest BCUT2D eigenvalue weighted by atomic mass is 35.5. The van der Waals surface area contributed by atoms with E-state index in [4.69, 9.17) is 11.6 Å². The van der Waals surface area contributed by atoms with E-state index in [9.17, 15) is 14.0 Å². The lowest BCUT2D eigenvalue weighted by molar-refractivity contribution is -0.132. The Balaban J connectivity index is 1.37. The first-order valence-corrected chi connectivity index (χ1v) is 11.3. The zero-order chi connectivity index (χ0) is 23.2. The van der Waals surface area contributed by atoms with Gasteiger partial charge >= 0.3 is 0 Å². The molecule has 0 atom stereocenters. The van der Waals surface area contributed by atoms with Crippen LogP contribution in [0, 0.1) is 5.82 Å². The number of nitrogens with zero attached hydrogens (tertiary/aromatic N) is 2. The van der Waals surface area contributed by atoms with Gasteiger partial charge in [0.1, 0.15) is 5.82 Å². The molecule has 0 aliphatic carbocycles. The molecule has 4 rings (SSSR count). The van der Waals surface area contributed by atoms with E-state index in [1.807, 2.05) is 36.4 Å². The lowest BCUT2D eigenvalue weighted by Gasteiger charge is -2.39. The fourth-order valence-electron chi connectivity index (χ4n) is 4.19. The lowest BCUT2D eigenvalue weighted by Crippen LogP contribution is -2.52. The first kappa shape index (κ1) is 23.0. The molecule has 33 heavy (non-hydrogen) atoms. The van der Waals surface area contributed by atoms with Gasteiger partial charge in [-0.25, -0.2) is 4.39 Å².